The molecule has 0 spiro atoms. The standard InChI is InChI=1S/C11H17.2ClH.Zr/c1-2-3-4-5-8-11-9-6-7-10-11;;;/h6,9H,2-5,7-8H2,1H3;2*1H;/q-1;;;+3/p-2. The maximum atomic E-state index is 3.34. The molecule has 1 radical (unpaired) electrons. The number of unbranched alkanes of at least 4 members (excludes halogenated alkanes) is 3. The third-order valence-corrected chi connectivity index (χ3v) is 2.07. The van der Waals surface area contributed by atoms with E-state index >= 15 is 0 Å². The molecule has 1 rings (SSSR count). The molecule has 3 heteroatoms. The van der Waals surface area contributed by atoms with Crippen molar-refractivity contribution in [2.75, 3.05) is 0 Å². The number of rotatable bonds is 5. The summed E-state index contributed by atoms with van der Waals surface area (Å²) in [6.45, 7) is 2.25. The first-order valence-corrected chi connectivity index (χ1v) is 4.69. The molecule has 0 saturated carbocycles. The van der Waals surface area contributed by atoms with Crippen molar-refractivity contribution in [1.29, 1.82) is 0 Å². The van der Waals surface area contributed by atoms with Crippen LogP contribution < -0.4 is 24.8 Å². The van der Waals surface area contributed by atoms with E-state index in [1.807, 2.05) is 0 Å². The predicted octanol–water partition coefficient (Wildman–Crippen LogP) is -2.35. The molecule has 0 atom stereocenters. The van der Waals surface area contributed by atoms with E-state index in [-0.39, 0.29) is 51.0 Å². The molecule has 0 aromatic carbocycles. The average molecular weight is 311 g/mol. The average Bonchev–Trinajstić information content (AvgIpc) is 2.50. The fraction of sp³-hybridized carbons (Fsp3) is 0.636. The Hall–Kier alpha value is 0.943. The van der Waals surface area contributed by atoms with Gasteiger partial charge in [0.1, 0.15) is 0 Å². The van der Waals surface area contributed by atoms with Crippen molar-refractivity contribution in [1.82, 2.24) is 0 Å². The molecule has 1 aliphatic carbocycles. The fourth-order valence-electron chi connectivity index (χ4n) is 1.36. The number of hydrogen-bond donors (Lipinski definition) is 0. The minimum absolute atomic E-state index is 0. The Morgan fingerprint density at radius 1 is 1.21 bits per heavy atom. The molecule has 0 heterocycles. The fourth-order valence-corrected chi connectivity index (χ4v) is 1.36. The van der Waals surface area contributed by atoms with Gasteiger partial charge in [-0.05, 0) is 0 Å². The van der Waals surface area contributed by atoms with Gasteiger partial charge >= 0.3 is 26.2 Å². The molecule has 0 aromatic heterocycles. The molecular formula is C11H17Cl2Zr. The van der Waals surface area contributed by atoms with Crippen LogP contribution in [-0.2, 0) is 26.2 Å². The smallest absolute Gasteiger partial charge is 1.00 e. The zero-order valence-corrected chi connectivity index (χ0v) is 12.6. The summed E-state index contributed by atoms with van der Waals surface area (Å²) < 4.78 is 0. The second kappa shape index (κ2) is 13.9. The first-order valence-electron chi connectivity index (χ1n) is 4.69. The van der Waals surface area contributed by atoms with Crippen LogP contribution in [0.2, 0.25) is 0 Å². The van der Waals surface area contributed by atoms with E-state index in [0.29, 0.717) is 0 Å². The van der Waals surface area contributed by atoms with Gasteiger partial charge in [0.25, 0.3) is 0 Å². The van der Waals surface area contributed by atoms with Gasteiger partial charge in [0, 0.05) is 0 Å². The van der Waals surface area contributed by atoms with Crippen LogP contribution in [0, 0.1) is 6.08 Å². The van der Waals surface area contributed by atoms with Crippen molar-refractivity contribution in [2.45, 2.75) is 45.4 Å². The molecule has 0 amide bonds. The van der Waals surface area contributed by atoms with Crippen LogP contribution in [0.1, 0.15) is 45.4 Å². The Morgan fingerprint density at radius 3 is 2.43 bits per heavy atom. The van der Waals surface area contributed by atoms with Crippen molar-refractivity contribution >= 4 is 0 Å². The van der Waals surface area contributed by atoms with Crippen LogP contribution in [0.25, 0.3) is 0 Å². The van der Waals surface area contributed by atoms with Gasteiger partial charge in [-0.25, -0.2) is 11.6 Å². The van der Waals surface area contributed by atoms with Crippen molar-refractivity contribution in [3.05, 3.63) is 23.8 Å². The monoisotopic (exact) mass is 309 g/mol. The molecule has 0 aromatic rings. The predicted molar refractivity (Wildman–Crippen MR) is 49.3 cm³/mol. The van der Waals surface area contributed by atoms with Gasteiger partial charge in [-0.1, -0.05) is 39.0 Å². The Balaban J connectivity index is -0.000000403. The van der Waals surface area contributed by atoms with Crippen molar-refractivity contribution < 1.29 is 51.0 Å². The quantitative estimate of drug-likeness (QED) is 0.394. The van der Waals surface area contributed by atoms with Gasteiger partial charge in [0.05, 0.1) is 0 Å². The van der Waals surface area contributed by atoms with Crippen molar-refractivity contribution in [3.8, 4) is 0 Å². The first kappa shape index (κ1) is 20.4. The van der Waals surface area contributed by atoms with Gasteiger partial charge in [-0.3, -0.25) is 6.08 Å². The van der Waals surface area contributed by atoms with E-state index in [1.165, 1.54) is 37.7 Å². The largest absolute Gasteiger partial charge is 3.00 e. The van der Waals surface area contributed by atoms with Gasteiger partial charge in [-0.2, -0.15) is 6.08 Å². The van der Waals surface area contributed by atoms with Crippen LogP contribution in [0.4, 0.5) is 0 Å². The molecule has 1 aliphatic rings. The normalized spacial score (nSPS) is 12.2. The summed E-state index contributed by atoms with van der Waals surface area (Å²) in [4.78, 5) is 0. The van der Waals surface area contributed by atoms with Crippen LogP contribution in [-0.4, -0.2) is 0 Å². The molecule has 0 unspecified atom stereocenters. The zero-order chi connectivity index (χ0) is 7.94. The van der Waals surface area contributed by atoms with E-state index in [0.717, 1.165) is 6.42 Å². The van der Waals surface area contributed by atoms with Gasteiger partial charge in [0.2, 0.25) is 0 Å². The summed E-state index contributed by atoms with van der Waals surface area (Å²) in [5.74, 6) is 0. The maximum Gasteiger partial charge on any atom is 3.00 e. The SMILES string of the molecule is CCCCCCC1=[C-]CC=C1.[Cl-].[Cl-].[Zr+3]. The van der Waals surface area contributed by atoms with E-state index in [9.17, 15) is 0 Å². The van der Waals surface area contributed by atoms with Crippen LogP contribution in [0.15, 0.2) is 17.7 Å². The number of allylic oxidation sites excluding steroid dienone is 4. The van der Waals surface area contributed by atoms with Crippen LogP contribution in [0.5, 0.6) is 0 Å². The molecule has 0 nitrogen and oxygen atoms in total. The third kappa shape index (κ3) is 9.50. The number of halogens is 2. The molecule has 14 heavy (non-hydrogen) atoms. The molecule has 0 bridgehead atoms. The van der Waals surface area contributed by atoms with E-state index in [1.54, 1.807) is 0 Å². The molecule has 79 valence electrons. The van der Waals surface area contributed by atoms with E-state index < -0.39 is 0 Å². The number of hydrogen-bond acceptors (Lipinski definition) is 0. The topological polar surface area (TPSA) is 0 Å². The van der Waals surface area contributed by atoms with Gasteiger partial charge in [0.15, 0.2) is 0 Å². The van der Waals surface area contributed by atoms with Crippen LogP contribution >= 0.6 is 0 Å². The minimum atomic E-state index is 0. The van der Waals surface area contributed by atoms with Gasteiger partial charge < -0.3 is 24.8 Å². The Labute approximate surface area is 120 Å². The summed E-state index contributed by atoms with van der Waals surface area (Å²) in [6, 6.07) is 0. The molecule has 0 fully saturated rings. The summed E-state index contributed by atoms with van der Waals surface area (Å²) >= 11 is 0. The minimum Gasteiger partial charge on any atom is -1.00 e. The summed E-state index contributed by atoms with van der Waals surface area (Å²) in [6.07, 6.45) is 15.5. The van der Waals surface area contributed by atoms with Gasteiger partial charge in [-0.15, -0.1) is 6.42 Å². The Kier molecular flexibility index (Phi) is 20.3. The van der Waals surface area contributed by atoms with E-state index in [4.69, 9.17) is 0 Å². The molecule has 0 N–H and O–H groups in total. The Morgan fingerprint density at radius 2 is 1.93 bits per heavy atom. The molecule has 0 aliphatic heterocycles. The maximum absolute atomic E-state index is 3.34. The summed E-state index contributed by atoms with van der Waals surface area (Å²) in [5, 5.41) is 0. The summed E-state index contributed by atoms with van der Waals surface area (Å²) in [5.41, 5.74) is 1.43. The van der Waals surface area contributed by atoms with Crippen molar-refractivity contribution in [2.24, 2.45) is 0 Å². The van der Waals surface area contributed by atoms with Crippen LogP contribution in [0.3, 0.4) is 0 Å². The summed E-state index contributed by atoms with van der Waals surface area (Å²) in [7, 11) is 0. The molecular weight excluding hydrogens is 294 g/mol. The van der Waals surface area contributed by atoms with Crippen molar-refractivity contribution in [3.63, 3.8) is 0 Å². The second-order valence-electron chi connectivity index (χ2n) is 3.12. The zero-order valence-electron chi connectivity index (χ0n) is 8.65. The molecule has 0 saturated heterocycles. The Bertz CT molecular complexity index is 165. The second-order valence-corrected chi connectivity index (χ2v) is 3.12. The first-order chi connectivity index (χ1) is 5.43. The third-order valence-electron chi connectivity index (χ3n) is 2.07. The van der Waals surface area contributed by atoms with E-state index in [2.05, 4.69) is 25.2 Å².